The second-order valence-corrected chi connectivity index (χ2v) is 34.1. The Labute approximate surface area is 854 Å². The number of nitrogens with one attached hydrogen (secondary N) is 4. The average molecular weight is 2070 g/mol. The first-order valence-corrected chi connectivity index (χ1v) is 50.8. The van der Waals surface area contributed by atoms with Gasteiger partial charge in [0.05, 0.1) is 354 Å². The molecule has 1 aromatic rings. The van der Waals surface area contributed by atoms with E-state index in [1.54, 1.807) is 46.6 Å². The van der Waals surface area contributed by atoms with E-state index in [1.165, 1.54) is 50.0 Å². The highest BCUT2D eigenvalue weighted by Gasteiger charge is 2.45. The number of aliphatic hydroxyl groups excluding tert-OH is 1. The van der Waals surface area contributed by atoms with Gasteiger partial charge in [-0.3, -0.25) is 38.4 Å². The molecule has 834 valence electrons. The minimum atomic E-state index is -1.14. The summed E-state index contributed by atoms with van der Waals surface area (Å²) in [4.78, 5) is 129. The Morgan fingerprint density at radius 3 is 1.11 bits per heavy atom. The van der Waals surface area contributed by atoms with Gasteiger partial charge >= 0.3 is 5.97 Å². The number of hydrogen-bond acceptors (Lipinski definition) is 36. The summed E-state index contributed by atoms with van der Waals surface area (Å²) in [6, 6.07) is 3.79. The van der Waals surface area contributed by atoms with E-state index in [4.69, 9.17) is 135 Å². The number of ether oxygens (including phenoxy) is 26. The molecule has 1 aliphatic heterocycles. The van der Waals surface area contributed by atoms with Gasteiger partial charge in [0.2, 0.25) is 41.4 Å². The molecule has 1 aromatic carbocycles. The number of terminal acetylenes is 1. The zero-order valence-electron chi connectivity index (χ0n) is 88.4. The lowest BCUT2D eigenvalue weighted by Gasteiger charge is -2.41. The molecule has 5 N–H and O–H groups in total. The van der Waals surface area contributed by atoms with E-state index in [0.717, 1.165) is 5.56 Å². The molecule has 0 bridgehead atoms. The maximum Gasteiger partial charge on any atom is 0.328 e. The van der Waals surface area contributed by atoms with E-state index in [-0.39, 0.29) is 82.9 Å². The highest BCUT2D eigenvalue weighted by atomic mass is 16.6. The second-order valence-electron chi connectivity index (χ2n) is 34.1. The molecule has 0 saturated carbocycles. The number of benzene rings is 1. The van der Waals surface area contributed by atoms with Crippen molar-refractivity contribution in [3.05, 3.63) is 35.9 Å². The van der Waals surface area contributed by atoms with Crippen LogP contribution in [0.1, 0.15) is 99.5 Å². The lowest BCUT2D eigenvalue weighted by Crippen LogP contribution is -2.61. The SMILES string of the molecule is C#CC(=O)N(CCC(=O)NCCOCCOCCOCCOCCOCCOCCOCCOCCOCCOCCOCCOCCOCCOCCOCCOCCOCCOCCOCCOCCOCCOCCOCCO)CCC(=O)N[C@@H](C)C(=O)N(C)[C@H](C(=O)N[C@H](C(=O)N(C)[C@@H]([C@@H](C)CC)[C@@H](CC(=O)N1CCC[C@H]1[C@H](OC)[C@@H](C)C(=O)N[C@@H](Cc1ccccc1)C(=O)OC)OC)C(C)C)C(C)C. The number of likely N-dealkylation sites (tertiary alicyclic amines) is 1. The van der Waals surface area contributed by atoms with Gasteiger partial charge in [0.15, 0.2) is 0 Å². The predicted octanol–water partition coefficient (Wildman–Crippen LogP) is 1.67. The number of carbonyl (C=O) groups is 9. The largest absolute Gasteiger partial charge is 0.467 e. The molecule has 1 saturated heterocycles. The van der Waals surface area contributed by atoms with E-state index in [9.17, 15) is 43.2 Å². The van der Waals surface area contributed by atoms with Crippen molar-refractivity contribution in [3.63, 3.8) is 0 Å². The minimum Gasteiger partial charge on any atom is -0.467 e. The van der Waals surface area contributed by atoms with Crippen molar-refractivity contribution in [3.8, 4) is 12.3 Å². The standard InChI is InChI=1S/C100H178N8O36/c1-15-81(7)94(87(119-12)78-91(113)108-27-20-23-86(108)95(120-13)82(8)96(114)103-85(100(118)121-14)77-84-21-18-17-19-22-84)106(11)99(117)92(79(3)4)104-97(115)93(80(5)6)105(10)98(116)83(9)102-89(111)25-29-107(90(112)16-2)28-24-88(110)101-26-31-122-33-35-124-37-39-126-41-43-128-45-47-130-49-51-132-53-55-134-57-59-136-61-63-138-65-67-140-69-71-142-73-75-144-76-74-143-72-70-141-68-66-139-64-62-137-60-58-135-56-54-133-52-50-131-48-46-129-44-42-127-40-38-125-36-34-123-32-30-109/h2,17-19,21-22,79-83,85-87,92-95,109H,15,20,23-78H2,1,3-14H3,(H,101,110)(H,102,111)(H,103,114)(H,104,115)/t81-,82+,83-,85-,86-,87+,92-,93-,94-,95+/m0/s1. The Balaban J connectivity index is 1.43. The van der Waals surface area contributed by atoms with Crippen molar-refractivity contribution >= 4 is 53.2 Å². The quantitative estimate of drug-likeness (QED) is 0.0352. The number of esters is 1. The van der Waals surface area contributed by atoms with Gasteiger partial charge in [-0.1, -0.05) is 85.2 Å². The van der Waals surface area contributed by atoms with Crippen LogP contribution in [0.2, 0.25) is 0 Å². The van der Waals surface area contributed by atoms with Crippen molar-refractivity contribution in [1.29, 1.82) is 0 Å². The summed E-state index contributed by atoms with van der Waals surface area (Å²) in [5.74, 6) is -4.58. The molecular formula is C100H178N8O36. The number of aliphatic hydroxyl groups is 1. The Morgan fingerprint density at radius 2 is 0.792 bits per heavy atom. The molecule has 0 radical (unpaired) electrons. The lowest BCUT2D eigenvalue weighted by molar-refractivity contribution is -0.149. The first-order valence-electron chi connectivity index (χ1n) is 50.8. The summed E-state index contributed by atoms with van der Waals surface area (Å²) in [5.41, 5.74) is 0.829. The highest BCUT2D eigenvalue weighted by Crippen LogP contribution is 2.30. The number of hydrogen-bond donors (Lipinski definition) is 5. The first kappa shape index (κ1) is 133. The Hall–Kier alpha value is -7.03. The molecule has 2 rings (SSSR count). The first-order chi connectivity index (χ1) is 69.9. The third-order valence-electron chi connectivity index (χ3n) is 22.6. The molecule has 0 aliphatic carbocycles. The Bertz CT molecular complexity index is 3410. The molecule has 8 amide bonds. The van der Waals surface area contributed by atoms with Gasteiger partial charge in [-0.05, 0) is 49.0 Å². The number of likely N-dealkylation sites (N-methyl/N-ethyl adjacent to an activating group) is 2. The van der Waals surface area contributed by atoms with Crippen molar-refractivity contribution in [2.24, 2.45) is 23.7 Å². The van der Waals surface area contributed by atoms with Gasteiger partial charge < -0.3 is 169 Å². The fraction of sp³-hybridized carbons (Fsp3) is 0.830. The molecule has 0 unspecified atom stereocenters. The highest BCUT2D eigenvalue weighted by molar-refractivity contribution is 5.95. The van der Waals surface area contributed by atoms with E-state index in [1.807, 2.05) is 50.1 Å². The van der Waals surface area contributed by atoms with Crippen molar-refractivity contribution < 1.29 is 171 Å². The third-order valence-corrected chi connectivity index (χ3v) is 22.6. The normalized spacial score (nSPS) is 14.5. The molecule has 0 spiro atoms. The summed E-state index contributed by atoms with van der Waals surface area (Å²) in [5, 5.41) is 19.8. The number of carbonyl (C=O) groups excluding carboxylic acids is 9. The van der Waals surface area contributed by atoms with Gasteiger partial charge in [0.1, 0.15) is 24.2 Å². The molecule has 1 heterocycles. The van der Waals surface area contributed by atoms with Crippen LogP contribution >= 0.6 is 0 Å². The van der Waals surface area contributed by atoms with Crippen LogP contribution in [0, 0.1) is 36.0 Å². The molecule has 144 heavy (non-hydrogen) atoms. The molecular weight excluding hydrogens is 1890 g/mol. The molecule has 1 fully saturated rings. The second kappa shape index (κ2) is 91.0. The van der Waals surface area contributed by atoms with Gasteiger partial charge in [0, 0.05) is 73.8 Å². The maximum atomic E-state index is 14.9. The molecule has 44 heteroatoms. The van der Waals surface area contributed by atoms with Crippen molar-refractivity contribution in [2.75, 3.05) is 372 Å². The van der Waals surface area contributed by atoms with E-state index < -0.39 is 108 Å². The maximum absolute atomic E-state index is 14.9. The van der Waals surface area contributed by atoms with Crippen molar-refractivity contribution in [2.45, 2.75) is 149 Å². The number of nitrogens with zero attached hydrogens (tertiary/aromatic N) is 4. The van der Waals surface area contributed by atoms with Crippen LogP contribution in [-0.2, 0) is 173 Å². The summed E-state index contributed by atoms with van der Waals surface area (Å²) >= 11 is 0. The fourth-order valence-electron chi connectivity index (χ4n) is 14.7. The number of amides is 8. The molecule has 44 nitrogen and oxygen atoms in total. The van der Waals surface area contributed by atoms with Crippen LogP contribution in [0.4, 0.5) is 0 Å². The Kier molecular flexibility index (Phi) is 84.1. The monoisotopic (exact) mass is 2070 g/mol. The van der Waals surface area contributed by atoms with Gasteiger partial charge in [0.25, 0.3) is 5.91 Å². The smallest absolute Gasteiger partial charge is 0.328 e. The van der Waals surface area contributed by atoms with E-state index in [0.29, 0.717) is 317 Å². The average Bonchev–Trinajstić information content (AvgIpc) is 1.78. The van der Waals surface area contributed by atoms with E-state index >= 15 is 0 Å². The number of methoxy groups -OCH3 is 3. The predicted molar refractivity (Wildman–Crippen MR) is 530 cm³/mol. The summed E-state index contributed by atoms with van der Waals surface area (Å²) in [6.07, 6.45) is 5.38. The third kappa shape index (κ3) is 65.7. The molecule has 1 aliphatic rings. The lowest BCUT2D eigenvalue weighted by atomic mass is 9.89. The Morgan fingerprint density at radius 1 is 0.438 bits per heavy atom. The van der Waals surface area contributed by atoms with Crippen LogP contribution in [0.3, 0.4) is 0 Å². The zero-order chi connectivity index (χ0) is 105. The summed E-state index contributed by atoms with van der Waals surface area (Å²) in [7, 11) is 7.29. The number of rotatable bonds is 100. The van der Waals surface area contributed by atoms with Gasteiger partial charge in [-0.15, -0.1) is 6.42 Å². The zero-order valence-corrected chi connectivity index (χ0v) is 88.4. The van der Waals surface area contributed by atoms with Crippen LogP contribution < -0.4 is 21.3 Å². The topological polar surface area (TPSA) is 475 Å². The van der Waals surface area contributed by atoms with E-state index in [2.05, 4.69) is 21.3 Å². The van der Waals surface area contributed by atoms with Gasteiger partial charge in [-0.25, -0.2) is 4.79 Å². The van der Waals surface area contributed by atoms with Crippen LogP contribution in [0.5, 0.6) is 0 Å². The summed E-state index contributed by atoms with van der Waals surface area (Å²) < 4.78 is 144. The van der Waals surface area contributed by atoms with Crippen LogP contribution in [0.25, 0.3) is 0 Å². The fourth-order valence-corrected chi connectivity index (χ4v) is 14.7. The van der Waals surface area contributed by atoms with Crippen LogP contribution in [-0.4, -0.2) is 499 Å². The molecule has 0 aromatic heterocycles. The van der Waals surface area contributed by atoms with Gasteiger partial charge in [-0.2, -0.15) is 0 Å². The van der Waals surface area contributed by atoms with Crippen molar-refractivity contribution in [1.82, 2.24) is 40.9 Å². The summed E-state index contributed by atoms with van der Waals surface area (Å²) in [6.45, 7) is 34.5. The minimum absolute atomic E-state index is 0.00912. The van der Waals surface area contributed by atoms with Crippen LogP contribution in [0.15, 0.2) is 30.3 Å². The molecule has 10 atom stereocenters.